The summed E-state index contributed by atoms with van der Waals surface area (Å²) in [6.07, 6.45) is -3.88. The Bertz CT molecular complexity index is 451. The molecule has 0 aromatic rings. The zero-order chi connectivity index (χ0) is 15.0. The molecule has 6 nitrogen and oxygen atoms in total. The predicted molar refractivity (Wildman–Crippen MR) is 60.8 cm³/mol. The first-order valence-electron chi connectivity index (χ1n) is 5.62. The molecule has 0 aromatic carbocycles. The van der Waals surface area contributed by atoms with Gasteiger partial charge < -0.3 is 14.2 Å². The maximum atomic E-state index is 12.7. The molecule has 1 rings (SSSR count). The van der Waals surface area contributed by atoms with Crippen molar-refractivity contribution in [3.8, 4) is 0 Å². The third-order valence-corrected chi connectivity index (χ3v) is 3.90. The van der Waals surface area contributed by atoms with Crippen molar-refractivity contribution >= 4 is 16.2 Å². The monoisotopic (exact) mass is 323 g/mol. The molecule has 1 heterocycles. The van der Waals surface area contributed by atoms with Gasteiger partial charge in [-0.25, -0.2) is 22.0 Å². The molecule has 1 saturated heterocycles. The van der Waals surface area contributed by atoms with Crippen molar-refractivity contribution in [1.82, 2.24) is 4.90 Å². The minimum atomic E-state index is -4.89. The number of ether oxygens (including phenoxy) is 1. The van der Waals surface area contributed by atoms with E-state index in [9.17, 15) is 26.5 Å². The summed E-state index contributed by atoms with van der Waals surface area (Å²) in [6, 6.07) is 0. The van der Waals surface area contributed by atoms with Crippen LogP contribution in [0.5, 0.6) is 0 Å². The Labute approximate surface area is 138 Å². The van der Waals surface area contributed by atoms with Crippen LogP contribution in [0.2, 0.25) is 0 Å². The van der Waals surface area contributed by atoms with Gasteiger partial charge in [-0.1, -0.05) is 0 Å². The van der Waals surface area contributed by atoms with E-state index in [-0.39, 0.29) is 29.6 Å². The van der Waals surface area contributed by atoms with E-state index in [1.807, 2.05) is 0 Å². The fraction of sp³-hybridized carbons (Fsp3) is 0.900. The van der Waals surface area contributed by atoms with Crippen LogP contribution in [-0.4, -0.2) is 54.3 Å². The molecule has 1 amide bonds. The first kappa shape index (κ1) is 20.0. The molecule has 10 heteroatoms. The molecule has 1 aliphatic rings. The number of nitrogens with zero attached hydrogens (tertiary/aromatic N) is 1. The van der Waals surface area contributed by atoms with Gasteiger partial charge in [-0.05, 0) is 20.8 Å². The quantitative estimate of drug-likeness (QED) is 0.435. The van der Waals surface area contributed by atoms with E-state index in [1.54, 1.807) is 20.8 Å². The Morgan fingerprint density at radius 2 is 1.85 bits per heavy atom. The van der Waals surface area contributed by atoms with Gasteiger partial charge in [0.05, 0.1) is 21.3 Å². The molecule has 112 valence electrons. The maximum Gasteiger partial charge on any atom is 1.00 e. The molecule has 20 heavy (non-hydrogen) atoms. The Kier molecular flexibility index (Phi) is 6.88. The van der Waals surface area contributed by atoms with Crippen molar-refractivity contribution in [2.75, 3.05) is 13.1 Å². The van der Waals surface area contributed by atoms with E-state index in [4.69, 9.17) is 4.74 Å². The molecule has 0 radical (unpaired) electrons. The van der Waals surface area contributed by atoms with Gasteiger partial charge in [0.15, 0.2) is 0 Å². The van der Waals surface area contributed by atoms with E-state index in [2.05, 4.69) is 0 Å². The summed E-state index contributed by atoms with van der Waals surface area (Å²) >= 11 is 0. The molecule has 1 aliphatic heterocycles. The third kappa shape index (κ3) is 5.44. The van der Waals surface area contributed by atoms with Gasteiger partial charge in [0.25, 0.3) is 0 Å². The summed E-state index contributed by atoms with van der Waals surface area (Å²) in [4.78, 5) is 12.5. The van der Waals surface area contributed by atoms with Gasteiger partial charge in [-0.3, -0.25) is 0 Å². The van der Waals surface area contributed by atoms with Crippen LogP contribution in [0.4, 0.5) is 13.6 Å². The summed E-state index contributed by atoms with van der Waals surface area (Å²) in [5.74, 6) is -1.67. The molecule has 0 saturated carbocycles. The van der Waals surface area contributed by atoms with Crippen LogP contribution in [0, 0.1) is 5.92 Å². The number of carbonyl (C=O) groups is 1. The normalized spacial score (nSPS) is 23.6. The van der Waals surface area contributed by atoms with Crippen LogP contribution in [0.3, 0.4) is 0 Å². The zero-order valence-electron chi connectivity index (χ0n) is 11.8. The van der Waals surface area contributed by atoms with Crippen LogP contribution in [0.15, 0.2) is 0 Å². The van der Waals surface area contributed by atoms with Gasteiger partial charge in [0, 0.05) is 13.1 Å². The predicted octanol–water partition coefficient (Wildman–Crippen LogP) is -1.96. The number of rotatable bonds is 2. The second kappa shape index (κ2) is 6.87. The molecule has 0 aliphatic carbocycles. The minimum Gasteiger partial charge on any atom is -0.748 e. The van der Waals surface area contributed by atoms with Crippen LogP contribution >= 0.6 is 0 Å². The molecule has 1 fully saturated rings. The Hall–Kier alpha value is 0.0400. The Balaban J connectivity index is 0.00000361. The van der Waals surface area contributed by atoms with Crippen LogP contribution < -0.4 is 29.6 Å². The van der Waals surface area contributed by atoms with Crippen molar-refractivity contribution in [2.45, 2.75) is 38.0 Å². The summed E-state index contributed by atoms with van der Waals surface area (Å²) < 4.78 is 63.2. The van der Waals surface area contributed by atoms with Gasteiger partial charge in [-0.2, -0.15) is 0 Å². The molecular formula is C10H16F2NNaO5S. The maximum absolute atomic E-state index is 12.7. The van der Waals surface area contributed by atoms with E-state index in [0.29, 0.717) is 0 Å². The molecular weight excluding hydrogens is 307 g/mol. The molecule has 0 bridgehead atoms. The van der Waals surface area contributed by atoms with Gasteiger partial charge in [0.2, 0.25) is 6.43 Å². The van der Waals surface area contributed by atoms with Crippen LogP contribution in [0.25, 0.3) is 0 Å². The first-order valence-corrected chi connectivity index (χ1v) is 7.10. The average Bonchev–Trinajstić information content (AvgIpc) is 2.57. The topological polar surface area (TPSA) is 86.7 Å². The standard InChI is InChI=1S/C10H17F2NO5S.Na/c1-10(2,3)18-9(14)13-4-6(8(11)12)7(5-13)19(15,16)17;/h6-8H,4-5H2,1-3H3,(H,15,16,17);/q;+1/p-1. The van der Waals surface area contributed by atoms with Gasteiger partial charge >= 0.3 is 35.7 Å². The van der Waals surface area contributed by atoms with Crippen molar-refractivity contribution in [3.63, 3.8) is 0 Å². The molecule has 2 unspecified atom stereocenters. The van der Waals surface area contributed by atoms with Gasteiger partial charge in [0.1, 0.15) is 5.60 Å². The largest absolute Gasteiger partial charge is 1.00 e. The van der Waals surface area contributed by atoms with Crippen molar-refractivity contribution in [1.29, 1.82) is 0 Å². The fourth-order valence-electron chi connectivity index (χ4n) is 1.82. The minimum absolute atomic E-state index is 0. The molecule has 0 aromatic heterocycles. The van der Waals surface area contributed by atoms with Crippen molar-refractivity contribution < 1.29 is 60.8 Å². The number of carbonyl (C=O) groups excluding carboxylic acids is 1. The first-order chi connectivity index (χ1) is 8.42. The Morgan fingerprint density at radius 1 is 1.35 bits per heavy atom. The second-order valence-corrected chi connectivity index (χ2v) is 7.01. The number of hydrogen-bond donors (Lipinski definition) is 0. The average molecular weight is 323 g/mol. The summed E-state index contributed by atoms with van der Waals surface area (Å²) in [5, 5.41) is -1.79. The summed E-state index contributed by atoms with van der Waals surface area (Å²) in [6.45, 7) is 3.71. The second-order valence-electron chi connectivity index (χ2n) is 5.41. The van der Waals surface area contributed by atoms with Crippen LogP contribution in [0.1, 0.15) is 20.8 Å². The number of amides is 1. The number of likely N-dealkylation sites (tertiary alicyclic amines) is 1. The Morgan fingerprint density at radius 3 is 2.15 bits per heavy atom. The number of hydrogen-bond acceptors (Lipinski definition) is 5. The third-order valence-electron chi connectivity index (χ3n) is 2.66. The molecule has 2 atom stereocenters. The van der Waals surface area contributed by atoms with Crippen LogP contribution in [-0.2, 0) is 14.9 Å². The number of alkyl halides is 2. The smallest absolute Gasteiger partial charge is 0.748 e. The fourth-order valence-corrected chi connectivity index (χ4v) is 2.82. The SMILES string of the molecule is CC(C)(C)OC(=O)N1CC(C(F)F)C(S(=O)(=O)[O-])C1.[Na+]. The summed E-state index contributed by atoms with van der Waals surface area (Å²) in [7, 11) is -4.89. The number of halogens is 2. The zero-order valence-corrected chi connectivity index (χ0v) is 14.6. The van der Waals surface area contributed by atoms with Gasteiger partial charge in [-0.15, -0.1) is 0 Å². The van der Waals surface area contributed by atoms with E-state index in [0.717, 1.165) is 4.90 Å². The van der Waals surface area contributed by atoms with E-state index in [1.165, 1.54) is 0 Å². The van der Waals surface area contributed by atoms with E-state index >= 15 is 0 Å². The van der Waals surface area contributed by atoms with Crippen molar-refractivity contribution in [3.05, 3.63) is 0 Å². The molecule has 0 N–H and O–H groups in total. The van der Waals surface area contributed by atoms with E-state index < -0.39 is 52.5 Å². The summed E-state index contributed by atoms with van der Waals surface area (Å²) in [5.41, 5.74) is -0.828. The van der Waals surface area contributed by atoms with Crippen molar-refractivity contribution in [2.24, 2.45) is 5.92 Å². The molecule has 0 spiro atoms.